The highest BCUT2D eigenvalue weighted by Crippen LogP contribution is 2.28. The number of nitrogens with zero attached hydrogens (tertiary/aromatic N) is 2. The molecule has 3 rings (SSSR count). The average Bonchev–Trinajstić information content (AvgIpc) is 2.73. The molecule has 0 aromatic heterocycles. The molecule has 2 aromatic rings. The number of carbonyl (C=O) groups is 1. The summed E-state index contributed by atoms with van der Waals surface area (Å²) in [4.78, 5) is 14.8. The number of rotatable bonds is 5. The van der Waals surface area contributed by atoms with Crippen LogP contribution in [0.25, 0.3) is 0 Å². The fourth-order valence-electron chi connectivity index (χ4n) is 3.92. The predicted molar refractivity (Wildman–Crippen MR) is 114 cm³/mol. The maximum atomic E-state index is 12.9. The molecule has 1 amide bonds. The number of likely N-dealkylation sites (N-methyl/N-ethyl adjacent to an activating group) is 1. The molecule has 7 heteroatoms. The van der Waals surface area contributed by atoms with Crippen LogP contribution >= 0.6 is 0 Å². The zero-order valence-corrected chi connectivity index (χ0v) is 17.9. The minimum Gasteiger partial charge on any atom is -0.391 e. The first-order chi connectivity index (χ1) is 13.7. The molecule has 0 radical (unpaired) electrons. The molecule has 1 aliphatic carbocycles. The van der Waals surface area contributed by atoms with Gasteiger partial charge in [0.25, 0.3) is 15.9 Å². The first kappa shape index (κ1) is 21.3. The third-order valence-electron chi connectivity index (χ3n) is 5.70. The lowest BCUT2D eigenvalue weighted by molar-refractivity contribution is 0.0268. The SMILES string of the molecule is Cc1cc(C(=O)N(C)[C@H]2CCCC[C@@H]2O)ccc1N(C)S(=O)(=O)c1ccccc1. The number of hydrogen-bond acceptors (Lipinski definition) is 4. The summed E-state index contributed by atoms with van der Waals surface area (Å²) in [6.45, 7) is 1.79. The number of amides is 1. The standard InChI is InChI=1S/C22H28N2O4S/c1-16-15-17(22(26)23(2)20-11-7-8-12-21(20)25)13-14-19(16)24(3)29(27,28)18-9-5-4-6-10-18/h4-6,9-10,13-15,20-21,25H,7-8,11-12H2,1-3H3/t20-,21-/m0/s1. The van der Waals surface area contributed by atoms with Crippen molar-refractivity contribution in [1.29, 1.82) is 0 Å². The van der Waals surface area contributed by atoms with Crippen molar-refractivity contribution in [2.45, 2.75) is 49.6 Å². The van der Waals surface area contributed by atoms with Gasteiger partial charge in [0.1, 0.15) is 0 Å². The van der Waals surface area contributed by atoms with Crippen LogP contribution in [0.4, 0.5) is 5.69 Å². The molecule has 0 spiro atoms. The van der Waals surface area contributed by atoms with Gasteiger partial charge in [0.2, 0.25) is 0 Å². The molecule has 0 bridgehead atoms. The number of benzene rings is 2. The summed E-state index contributed by atoms with van der Waals surface area (Å²) in [5.41, 5.74) is 1.69. The lowest BCUT2D eigenvalue weighted by atomic mass is 9.91. The smallest absolute Gasteiger partial charge is 0.264 e. The minimum absolute atomic E-state index is 0.167. The second kappa shape index (κ2) is 8.55. The highest BCUT2D eigenvalue weighted by molar-refractivity contribution is 7.92. The summed E-state index contributed by atoms with van der Waals surface area (Å²) in [5, 5.41) is 10.2. The van der Waals surface area contributed by atoms with Crippen LogP contribution in [-0.4, -0.2) is 50.6 Å². The molecule has 0 heterocycles. The topological polar surface area (TPSA) is 77.9 Å². The number of carbonyl (C=O) groups excluding carboxylic acids is 1. The van der Waals surface area contributed by atoms with Crippen molar-refractivity contribution in [3.63, 3.8) is 0 Å². The molecular weight excluding hydrogens is 388 g/mol. The van der Waals surface area contributed by atoms with Gasteiger partial charge in [-0.15, -0.1) is 0 Å². The second-order valence-corrected chi connectivity index (χ2v) is 9.59. The van der Waals surface area contributed by atoms with Crippen LogP contribution in [0.1, 0.15) is 41.6 Å². The Labute approximate surface area is 172 Å². The third-order valence-corrected chi connectivity index (χ3v) is 7.48. The maximum Gasteiger partial charge on any atom is 0.264 e. The van der Waals surface area contributed by atoms with Gasteiger partial charge in [0.05, 0.1) is 22.7 Å². The van der Waals surface area contributed by atoms with Crippen molar-refractivity contribution in [2.75, 3.05) is 18.4 Å². The summed E-state index contributed by atoms with van der Waals surface area (Å²) in [6.07, 6.45) is 2.98. The van der Waals surface area contributed by atoms with Gasteiger partial charge in [-0.2, -0.15) is 0 Å². The fraction of sp³-hybridized carbons (Fsp3) is 0.409. The van der Waals surface area contributed by atoms with Crippen molar-refractivity contribution in [3.05, 3.63) is 59.7 Å². The van der Waals surface area contributed by atoms with E-state index in [-0.39, 0.29) is 16.8 Å². The van der Waals surface area contributed by atoms with E-state index in [2.05, 4.69) is 0 Å². The molecule has 2 atom stereocenters. The normalized spacial score (nSPS) is 19.6. The van der Waals surface area contributed by atoms with Gasteiger partial charge in [0.15, 0.2) is 0 Å². The third kappa shape index (κ3) is 4.31. The Morgan fingerprint density at radius 2 is 1.69 bits per heavy atom. The van der Waals surface area contributed by atoms with Gasteiger partial charge in [-0.05, 0) is 55.7 Å². The van der Waals surface area contributed by atoms with Crippen LogP contribution in [0.3, 0.4) is 0 Å². The first-order valence-electron chi connectivity index (χ1n) is 9.83. The van der Waals surface area contributed by atoms with Gasteiger partial charge >= 0.3 is 0 Å². The van der Waals surface area contributed by atoms with Crippen molar-refractivity contribution < 1.29 is 18.3 Å². The number of sulfonamides is 1. The van der Waals surface area contributed by atoms with Gasteiger partial charge in [-0.25, -0.2) is 8.42 Å². The quantitative estimate of drug-likeness (QED) is 0.812. The van der Waals surface area contributed by atoms with Crippen molar-refractivity contribution in [2.24, 2.45) is 0 Å². The predicted octanol–water partition coefficient (Wildman–Crippen LogP) is 3.20. The van der Waals surface area contributed by atoms with E-state index in [4.69, 9.17) is 0 Å². The zero-order valence-electron chi connectivity index (χ0n) is 17.1. The van der Waals surface area contributed by atoms with E-state index >= 15 is 0 Å². The summed E-state index contributed by atoms with van der Waals surface area (Å²) in [6, 6.07) is 13.1. The lowest BCUT2D eigenvalue weighted by Crippen LogP contribution is -2.46. The molecule has 1 aliphatic rings. The fourth-order valence-corrected chi connectivity index (χ4v) is 5.20. The van der Waals surface area contributed by atoms with Crippen LogP contribution in [0.5, 0.6) is 0 Å². The Morgan fingerprint density at radius 3 is 2.31 bits per heavy atom. The molecule has 0 aliphatic heterocycles. The molecule has 1 saturated carbocycles. The summed E-state index contributed by atoms with van der Waals surface area (Å²) in [5.74, 6) is -0.167. The molecule has 0 unspecified atom stereocenters. The van der Waals surface area contributed by atoms with E-state index in [1.54, 1.807) is 67.4 Å². The zero-order chi connectivity index (χ0) is 21.2. The van der Waals surface area contributed by atoms with E-state index in [0.29, 0.717) is 23.2 Å². The number of aliphatic hydroxyl groups excluding tert-OH is 1. The van der Waals surface area contributed by atoms with E-state index < -0.39 is 16.1 Å². The highest BCUT2D eigenvalue weighted by atomic mass is 32.2. The lowest BCUT2D eigenvalue weighted by Gasteiger charge is -2.35. The van der Waals surface area contributed by atoms with Crippen LogP contribution in [0, 0.1) is 6.92 Å². The Balaban J connectivity index is 1.84. The number of aryl methyl sites for hydroxylation is 1. The largest absolute Gasteiger partial charge is 0.391 e. The van der Waals surface area contributed by atoms with E-state index in [1.165, 1.54) is 11.4 Å². The Morgan fingerprint density at radius 1 is 1.03 bits per heavy atom. The summed E-state index contributed by atoms with van der Waals surface area (Å²) >= 11 is 0. The second-order valence-electron chi connectivity index (χ2n) is 7.62. The molecular formula is C22H28N2O4S. The van der Waals surface area contributed by atoms with Gasteiger partial charge < -0.3 is 10.0 Å². The van der Waals surface area contributed by atoms with Crippen LogP contribution < -0.4 is 4.31 Å². The van der Waals surface area contributed by atoms with E-state index in [9.17, 15) is 18.3 Å². The van der Waals surface area contributed by atoms with Gasteiger partial charge in [-0.3, -0.25) is 9.10 Å². The molecule has 1 N–H and O–H groups in total. The molecule has 0 saturated heterocycles. The van der Waals surface area contributed by atoms with Crippen molar-refractivity contribution in [3.8, 4) is 0 Å². The number of hydrogen-bond donors (Lipinski definition) is 1. The highest BCUT2D eigenvalue weighted by Gasteiger charge is 2.30. The summed E-state index contributed by atoms with van der Waals surface area (Å²) in [7, 11) is -0.454. The summed E-state index contributed by atoms with van der Waals surface area (Å²) < 4.78 is 27.0. The monoisotopic (exact) mass is 416 g/mol. The first-order valence-corrected chi connectivity index (χ1v) is 11.3. The van der Waals surface area contributed by atoms with Crippen LogP contribution in [-0.2, 0) is 10.0 Å². The number of aliphatic hydroxyl groups is 1. The molecule has 6 nitrogen and oxygen atoms in total. The van der Waals surface area contributed by atoms with Gasteiger partial charge in [-0.1, -0.05) is 31.0 Å². The van der Waals surface area contributed by atoms with Crippen LogP contribution in [0.2, 0.25) is 0 Å². The molecule has 2 aromatic carbocycles. The Bertz CT molecular complexity index is 976. The van der Waals surface area contributed by atoms with Crippen LogP contribution in [0.15, 0.2) is 53.4 Å². The minimum atomic E-state index is -3.68. The van der Waals surface area contributed by atoms with Crippen molar-refractivity contribution >= 4 is 21.6 Å². The molecule has 156 valence electrons. The van der Waals surface area contributed by atoms with Crippen molar-refractivity contribution in [1.82, 2.24) is 4.90 Å². The molecule has 1 fully saturated rings. The number of anilines is 1. The van der Waals surface area contributed by atoms with Gasteiger partial charge in [0, 0.05) is 19.7 Å². The van der Waals surface area contributed by atoms with E-state index in [1.807, 2.05) is 0 Å². The Hall–Kier alpha value is -2.38. The van der Waals surface area contributed by atoms with E-state index in [0.717, 1.165) is 19.3 Å². The Kier molecular flexibility index (Phi) is 6.29. The average molecular weight is 417 g/mol. The molecule has 29 heavy (non-hydrogen) atoms. The maximum absolute atomic E-state index is 12.9.